The van der Waals surface area contributed by atoms with Crippen LogP contribution in [-0.2, 0) is 11.2 Å². The SMILES string of the molecule is C#Cc1cccc(Nc2ncnc3cc(OC)c(CC(=O)CN4CCCN(C)CC4)cc23)c1. The molecule has 1 aliphatic heterocycles. The largest absolute Gasteiger partial charge is 0.496 e. The average molecular weight is 444 g/mol. The minimum Gasteiger partial charge on any atom is -0.496 e. The molecule has 0 atom stereocenters. The van der Waals surface area contributed by atoms with Crippen LogP contribution in [0.25, 0.3) is 10.9 Å². The number of aromatic nitrogens is 2. The fourth-order valence-electron chi connectivity index (χ4n) is 4.16. The molecule has 0 bridgehead atoms. The third-order valence-electron chi connectivity index (χ3n) is 5.93. The Morgan fingerprint density at radius 3 is 2.88 bits per heavy atom. The Labute approximate surface area is 194 Å². The number of fused-ring (bicyclic) bond motifs is 1. The number of ether oxygens (including phenoxy) is 1. The number of benzene rings is 2. The van der Waals surface area contributed by atoms with Crippen molar-refractivity contribution in [2.24, 2.45) is 0 Å². The molecule has 170 valence electrons. The van der Waals surface area contributed by atoms with Crippen molar-refractivity contribution in [1.82, 2.24) is 19.8 Å². The van der Waals surface area contributed by atoms with Gasteiger partial charge in [-0.15, -0.1) is 6.42 Å². The molecule has 33 heavy (non-hydrogen) atoms. The molecule has 1 N–H and O–H groups in total. The second-order valence-electron chi connectivity index (χ2n) is 8.40. The van der Waals surface area contributed by atoms with Crippen LogP contribution >= 0.6 is 0 Å². The molecule has 0 amide bonds. The molecule has 1 aromatic heterocycles. The maximum absolute atomic E-state index is 12.9. The number of carbonyl (C=O) groups excluding carboxylic acids is 1. The highest BCUT2D eigenvalue weighted by Crippen LogP contribution is 2.30. The van der Waals surface area contributed by atoms with Crippen LogP contribution in [0.15, 0.2) is 42.7 Å². The van der Waals surface area contributed by atoms with Crippen LogP contribution in [-0.4, -0.2) is 72.4 Å². The van der Waals surface area contributed by atoms with E-state index in [0.29, 0.717) is 24.5 Å². The molecule has 7 nitrogen and oxygen atoms in total. The minimum atomic E-state index is 0.172. The highest BCUT2D eigenvalue weighted by Gasteiger charge is 2.18. The summed E-state index contributed by atoms with van der Waals surface area (Å²) in [6, 6.07) is 11.4. The van der Waals surface area contributed by atoms with Gasteiger partial charge < -0.3 is 15.0 Å². The number of carbonyl (C=O) groups is 1. The van der Waals surface area contributed by atoms with Gasteiger partial charge >= 0.3 is 0 Å². The van der Waals surface area contributed by atoms with Crippen molar-refractivity contribution >= 4 is 28.2 Å². The van der Waals surface area contributed by atoms with Crippen LogP contribution in [0.1, 0.15) is 17.5 Å². The normalized spacial score (nSPS) is 15.1. The second-order valence-corrected chi connectivity index (χ2v) is 8.40. The van der Waals surface area contributed by atoms with E-state index in [9.17, 15) is 4.79 Å². The van der Waals surface area contributed by atoms with E-state index in [0.717, 1.165) is 60.3 Å². The van der Waals surface area contributed by atoms with E-state index in [-0.39, 0.29) is 5.78 Å². The molecular formula is C26H29N5O2. The fraction of sp³-hybridized carbons (Fsp3) is 0.346. The maximum atomic E-state index is 12.9. The number of hydrogen-bond donors (Lipinski definition) is 1. The van der Waals surface area contributed by atoms with E-state index in [1.54, 1.807) is 7.11 Å². The zero-order chi connectivity index (χ0) is 23.2. The summed E-state index contributed by atoms with van der Waals surface area (Å²) >= 11 is 0. The first-order valence-electron chi connectivity index (χ1n) is 11.1. The highest BCUT2D eigenvalue weighted by molar-refractivity contribution is 5.94. The number of Topliss-reactive ketones (excluding diaryl/α,β-unsaturated/α-hetero) is 1. The maximum Gasteiger partial charge on any atom is 0.151 e. The molecule has 1 fully saturated rings. The van der Waals surface area contributed by atoms with Gasteiger partial charge in [0, 0.05) is 47.8 Å². The van der Waals surface area contributed by atoms with E-state index >= 15 is 0 Å². The summed E-state index contributed by atoms with van der Waals surface area (Å²) < 4.78 is 5.59. The minimum absolute atomic E-state index is 0.172. The lowest BCUT2D eigenvalue weighted by atomic mass is 10.0. The predicted octanol–water partition coefficient (Wildman–Crippen LogP) is 3.11. The molecule has 0 radical (unpaired) electrons. The summed E-state index contributed by atoms with van der Waals surface area (Å²) in [5, 5.41) is 4.15. The van der Waals surface area contributed by atoms with Gasteiger partial charge in [0.25, 0.3) is 0 Å². The number of ketones is 1. The van der Waals surface area contributed by atoms with Gasteiger partial charge in [-0.3, -0.25) is 9.69 Å². The van der Waals surface area contributed by atoms with Gasteiger partial charge in [-0.1, -0.05) is 12.0 Å². The number of nitrogens with zero attached hydrogens (tertiary/aromatic N) is 4. The third kappa shape index (κ3) is 5.67. The summed E-state index contributed by atoms with van der Waals surface area (Å²) in [5.74, 6) is 4.13. The number of terminal acetylenes is 1. The molecule has 7 heteroatoms. The molecule has 0 aliphatic carbocycles. The average Bonchev–Trinajstić information content (AvgIpc) is 3.03. The molecule has 2 aromatic carbocycles. The van der Waals surface area contributed by atoms with Gasteiger partial charge in [0.2, 0.25) is 0 Å². The van der Waals surface area contributed by atoms with Crippen LogP contribution in [0.2, 0.25) is 0 Å². The molecule has 0 saturated carbocycles. The molecular weight excluding hydrogens is 414 g/mol. The van der Waals surface area contributed by atoms with Gasteiger partial charge in [0.15, 0.2) is 5.78 Å². The van der Waals surface area contributed by atoms with Gasteiger partial charge in [-0.05, 0) is 50.8 Å². The summed E-state index contributed by atoms with van der Waals surface area (Å²) in [5.41, 5.74) is 3.19. The van der Waals surface area contributed by atoms with E-state index in [1.165, 1.54) is 6.33 Å². The number of hydrogen-bond acceptors (Lipinski definition) is 7. The van der Waals surface area contributed by atoms with Gasteiger partial charge in [-0.2, -0.15) is 0 Å². The molecule has 0 spiro atoms. The van der Waals surface area contributed by atoms with Crippen molar-refractivity contribution in [1.29, 1.82) is 0 Å². The van der Waals surface area contributed by atoms with E-state index in [1.807, 2.05) is 36.4 Å². The smallest absolute Gasteiger partial charge is 0.151 e. The predicted molar refractivity (Wildman–Crippen MR) is 131 cm³/mol. The lowest BCUT2D eigenvalue weighted by molar-refractivity contribution is -0.119. The molecule has 4 rings (SSSR count). The Morgan fingerprint density at radius 1 is 1.18 bits per heavy atom. The number of rotatable bonds is 7. The topological polar surface area (TPSA) is 70.6 Å². The van der Waals surface area contributed by atoms with Gasteiger partial charge in [0.1, 0.15) is 17.9 Å². The Balaban J connectivity index is 1.58. The lowest BCUT2D eigenvalue weighted by Crippen LogP contribution is -2.34. The summed E-state index contributed by atoms with van der Waals surface area (Å²) in [6.07, 6.45) is 8.42. The molecule has 3 aromatic rings. The summed E-state index contributed by atoms with van der Waals surface area (Å²) in [6.45, 7) is 4.37. The summed E-state index contributed by atoms with van der Waals surface area (Å²) in [4.78, 5) is 26.3. The Hall–Kier alpha value is -3.47. The van der Waals surface area contributed by atoms with Crippen molar-refractivity contribution in [3.05, 3.63) is 53.9 Å². The first-order chi connectivity index (χ1) is 16.1. The van der Waals surface area contributed by atoms with Gasteiger partial charge in [0.05, 0.1) is 19.2 Å². The third-order valence-corrected chi connectivity index (χ3v) is 5.93. The Kier molecular flexibility index (Phi) is 7.18. The van der Waals surface area contributed by atoms with Crippen molar-refractivity contribution < 1.29 is 9.53 Å². The molecule has 1 saturated heterocycles. The Bertz CT molecular complexity index is 1190. The van der Waals surface area contributed by atoms with Crippen molar-refractivity contribution in [3.8, 4) is 18.1 Å². The van der Waals surface area contributed by atoms with Crippen LogP contribution in [0.3, 0.4) is 0 Å². The number of nitrogens with one attached hydrogen (secondary N) is 1. The van der Waals surface area contributed by atoms with Crippen molar-refractivity contribution in [2.75, 3.05) is 52.2 Å². The summed E-state index contributed by atoms with van der Waals surface area (Å²) in [7, 11) is 3.74. The van der Waals surface area contributed by atoms with Crippen LogP contribution in [0.5, 0.6) is 5.75 Å². The van der Waals surface area contributed by atoms with Gasteiger partial charge in [-0.25, -0.2) is 9.97 Å². The molecule has 2 heterocycles. The second kappa shape index (κ2) is 10.4. The lowest BCUT2D eigenvalue weighted by Gasteiger charge is -2.19. The number of methoxy groups -OCH3 is 1. The highest BCUT2D eigenvalue weighted by atomic mass is 16.5. The zero-order valence-corrected chi connectivity index (χ0v) is 19.2. The van der Waals surface area contributed by atoms with E-state index in [2.05, 4.69) is 38.1 Å². The monoisotopic (exact) mass is 443 g/mol. The molecule has 1 aliphatic rings. The zero-order valence-electron chi connectivity index (χ0n) is 19.2. The fourth-order valence-corrected chi connectivity index (χ4v) is 4.16. The van der Waals surface area contributed by atoms with Crippen molar-refractivity contribution in [3.63, 3.8) is 0 Å². The number of likely N-dealkylation sites (N-methyl/N-ethyl adjacent to an activating group) is 1. The standard InChI is InChI=1S/C26H29N5O2/c1-4-19-7-5-8-21(13-19)29-26-23-15-20(25(33-3)16-24(23)27-18-28-26)14-22(32)17-31-10-6-9-30(2)11-12-31/h1,5,7-8,13,15-16,18H,6,9-12,14,17H2,2-3H3,(H,27,28,29). The van der Waals surface area contributed by atoms with Crippen LogP contribution < -0.4 is 10.1 Å². The first kappa shape index (κ1) is 22.7. The van der Waals surface area contributed by atoms with Crippen LogP contribution in [0, 0.1) is 12.3 Å². The first-order valence-corrected chi connectivity index (χ1v) is 11.1. The number of anilines is 2. The van der Waals surface area contributed by atoms with Crippen LogP contribution in [0.4, 0.5) is 11.5 Å². The van der Waals surface area contributed by atoms with E-state index in [4.69, 9.17) is 11.2 Å². The quantitative estimate of drug-likeness (QED) is 0.563. The van der Waals surface area contributed by atoms with E-state index < -0.39 is 0 Å². The van der Waals surface area contributed by atoms with Crippen molar-refractivity contribution in [2.45, 2.75) is 12.8 Å². The Morgan fingerprint density at radius 2 is 2.06 bits per heavy atom. The molecule has 0 unspecified atom stereocenters.